The van der Waals surface area contributed by atoms with Crippen LogP contribution < -0.4 is 14.4 Å². The number of rotatable bonds is 10. The molecule has 0 aliphatic heterocycles. The normalized spacial score (nSPS) is 11.8. The number of benzene rings is 2. The molecule has 1 amide bonds. The van der Waals surface area contributed by atoms with Gasteiger partial charge in [-0.25, -0.2) is 8.42 Å². The molecule has 2 aromatic rings. The van der Waals surface area contributed by atoms with Crippen molar-refractivity contribution in [2.24, 2.45) is 0 Å². The lowest BCUT2D eigenvalue weighted by Gasteiger charge is -2.27. The molecule has 0 unspecified atom stereocenters. The van der Waals surface area contributed by atoms with E-state index < -0.39 is 15.6 Å². The fraction of sp³-hybridized carbons (Fsp3) is 0.409. The van der Waals surface area contributed by atoms with Crippen LogP contribution in [0.5, 0.6) is 5.75 Å². The summed E-state index contributed by atoms with van der Waals surface area (Å²) in [7, 11) is -2.03. The Morgan fingerprint density at radius 2 is 1.83 bits per heavy atom. The quantitative estimate of drug-likeness (QED) is 0.590. The number of amides is 1. The molecule has 0 saturated carbocycles. The Labute approximate surface area is 184 Å². The van der Waals surface area contributed by atoms with Crippen molar-refractivity contribution >= 4 is 33.2 Å². The first-order valence-corrected chi connectivity index (χ1v) is 11.9. The second-order valence-corrected chi connectivity index (χ2v) is 10.2. The molecule has 2 rings (SSSR count). The predicted octanol–water partition coefficient (Wildman–Crippen LogP) is 4.03. The van der Waals surface area contributed by atoms with E-state index in [0.29, 0.717) is 29.3 Å². The minimum Gasteiger partial charge on any atom is -0.495 e. The van der Waals surface area contributed by atoms with Crippen molar-refractivity contribution in [3.05, 3.63) is 59.1 Å². The Morgan fingerprint density at radius 3 is 2.40 bits per heavy atom. The van der Waals surface area contributed by atoms with Gasteiger partial charge in [0.05, 0.1) is 24.1 Å². The summed E-state index contributed by atoms with van der Waals surface area (Å²) in [5.41, 5.74) is 1.17. The van der Waals surface area contributed by atoms with E-state index in [1.165, 1.54) is 11.4 Å². The Hall–Kier alpha value is -2.25. The smallest absolute Gasteiger partial charge is 0.232 e. The van der Waals surface area contributed by atoms with Crippen LogP contribution in [0.3, 0.4) is 0 Å². The first kappa shape index (κ1) is 24.0. The zero-order valence-corrected chi connectivity index (χ0v) is 19.4. The highest BCUT2D eigenvalue weighted by Crippen LogP contribution is 2.30. The summed E-state index contributed by atoms with van der Waals surface area (Å²) in [5.74, 6) is 0.353. The number of hydrogen-bond acceptors (Lipinski definition) is 4. The number of sulfonamides is 1. The molecule has 2 aromatic carbocycles. The number of carbonyl (C=O) groups is 1. The highest BCUT2D eigenvalue weighted by atomic mass is 35.5. The lowest BCUT2D eigenvalue weighted by Crippen LogP contribution is -2.45. The van der Waals surface area contributed by atoms with Gasteiger partial charge in [-0.05, 0) is 50.5 Å². The van der Waals surface area contributed by atoms with Crippen LogP contribution in [-0.2, 0) is 21.2 Å². The van der Waals surface area contributed by atoms with Gasteiger partial charge in [0.25, 0.3) is 0 Å². The van der Waals surface area contributed by atoms with Crippen molar-refractivity contribution in [2.45, 2.75) is 38.6 Å². The number of nitrogens with zero attached hydrogens (tertiary/aromatic N) is 1. The maximum absolute atomic E-state index is 12.4. The summed E-state index contributed by atoms with van der Waals surface area (Å²) in [5, 5.41) is 3.36. The van der Waals surface area contributed by atoms with Crippen LogP contribution in [0.25, 0.3) is 0 Å². The number of carbonyl (C=O) groups excluding carboxylic acids is 1. The van der Waals surface area contributed by atoms with Gasteiger partial charge in [0.15, 0.2) is 0 Å². The van der Waals surface area contributed by atoms with Crippen LogP contribution in [0.2, 0.25) is 5.02 Å². The van der Waals surface area contributed by atoms with Crippen LogP contribution in [-0.4, -0.2) is 39.8 Å². The van der Waals surface area contributed by atoms with E-state index in [4.69, 9.17) is 16.3 Å². The third kappa shape index (κ3) is 7.22. The molecule has 30 heavy (non-hydrogen) atoms. The summed E-state index contributed by atoms with van der Waals surface area (Å²) in [4.78, 5) is 12.4. The van der Waals surface area contributed by atoms with Crippen LogP contribution in [0.15, 0.2) is 48.5 Å². The van der Waals surface area contributed by atoms with Crippen molar-refractivity contribution < 1.29 is 17.9 Å². The number of halogens is 1. The Bertz CT molecular complexity index is 962. The van der Waals surface area contributed by atoms with E-state index in [9.17, 15) is 13.2 Å². The molecule has 0 aliphatic rings. The Morgan fingerprint density at radius 1 is 1.17 bits per heavy atom. The monoisotopic (exact) mass is 452 g/mol. The molecular weight excluding hydrogens is 424 g/mol. The summed E-state index contributed by atoms with van der Waals surface area (Å²) in [6, 6.07) is 14.7. The number of hydrogen-bond donors (Lipinski definition) is 1. The van der Waals surface area contributed by atoms with Crippen molar-refractivity contribution in [1.29, 1.82) is 0 Å². The van der Waals surface area contributed by atoms with E-state index in [2.05, 4.69) is 5.32 Å². The van der Waals surface area contributed by atoms with E-state index in [-0.39, 0.29) is 18.9 Å². The number of ether oxygens (including phenoxy) is 1. The molecule has 8 heteroatoms. The van der Waals surface area contributed by atoms with E-state index >= 15 is 0 Å². The standard InChI is InChI=1S/C22H29ClN2O4S/c1-22(2,16-17-9-6-5-7-10-17)24-21(26)11-8-14-25(30(4,27)28)18-12-13-20(29-3)19(23)15-18/h5-7,9-10,12-13,15H,8,11,14,16H2,1-4H3,(H,24,26). The van der Waals surface area contributed by atoms with Gasteiger partial charge in [0, 0.05) is 18.5 Å². The lowest BCUT2D eigenvalue weighted by molar-refractivity contribution is -0.122. The maximum atomic E-state index is 12.4. The summed E-state index contributed by atoms with van der Waals surface area (Å²) in [6.07, 6.45) is 2.44. The molecule has 0 spiro atoms. The molecular formula is C22H29ClN2O4S. The van der Waals surface area contributed by atoms with Crippen LogP contribution in [0.1, 0.15) is 32.3 Å². The third-order valence-electron chi connectivity index (χ3n) is 4.56. The van der Waals surface area contributed by atoms with E-state index in [1.807, 2.05) is 44.2 Å². The van der Waals surface area contributed by atoms with Crippen LogP contribution >= 0.6 is 11.6 Å². The molecule has 0 aromatic heterocycles. The van der Waals surface area contributed by atoms with Crippen molar-refractivity contribution in [3.63, 3.8) is 0 Å². The summed E-state index contributed by atoms with van der Waals surface area (Å²) < 4.78 is 30.9. The highest BCUT2D eigenvalue weighted by molar-refractivity contribution is 7.92. The molecule has 164 valence electrons. The lowest BCUT2D eigenvalue weighted by atomic mass is 9.94. The molecule has 6 nitrogen and oxygen atoms in total. The Kier molecular flexibility index (Phi) is 8.15. The first-order chi connectivity index (χ1) is 14.0. The van der Waals surface area contributed by atoms with Crippen molar-refractivity contribution in [1.82, 2.24) is 5.32 Å². The molecule has 0 bridgehead atoms. The summed E-state index contributed by atoms with van der Waals surface area (Å²) >= 11 is 6.14. The minimum absolute atomic E-state index is 0.114. The van der Waals surface area contributed by atoms with Gasteiger partial charge in [-0.15, -0.1) is 0 Å². The van der Waals surface area contributed by atoms with Gasteiger partial charge in [-0.3, -0.25) is 9.10 Å². The van der Waals surface area contributed by atoms with Gasteiger partial charge < -0.3 is 10.1 Å². The Balaban J connectivity index is 1.96. The molecule has 0 aliphatic carbocycles. The zero-order valence-electron chi connectivity index (χ0n) is 17.8. The van der Waals surface area contributed by atoms with Gasteiger partial charge in [0.1, 0.15) is 5.75 Å². The number of methoxy groups -OCH3 is 1. The van der Waals surface area contributed by atoms with Crippen LogP contribution in [0, 0.1) is 0 Å². The molecule has 0 atom stereocenters. The number of anilines is 1. The predicted molar refractivity (Wildman–Crippen MR) is 122 cm³/mol. The average molecular weight is 453 g/mol. The van der Waals surface area contributed by atoms with Crippen molar-refractivity contribution in [3.8, 4) is 5.75 Å². The number of nitrogens with one attached hydrogen (secondary N) is 1. The molecule has 0 saturated heterocycles. The second kappa shape index (κ2) is 10.2. The van der Waals surface area contributed by atoms with Gasteiger partial charge in [-0.1, -0.05) is 41.9 Å². The van der Waals surface area contributed by atoms with Gasteiger partial charge in [-0.2, -0.15) is 0 Å². The van der Waals surface area contributed by atoms with E-state index in [1.54, 1.807) is 18.2 Å². The average Bonchev–Trinajstić information content (AvgIpc) is 2.64. The SMILES string of the molecule is COc1ccc(N(CCCC(=O)NC(C)(C)Cc2ccccc2)S(C)(=O)=O)cc1Cl. The van der Waals surface area contributed by atoms with Crippen LogP contribution in [0.4, 0.5) is 5.69 Å². The molecule has 0 heterocycles. The maximum Gasteiger partial charge on any atom is 0.232 e. The topological polar surface area (TPSA) is 75.7 Å². The molecule has 0 radical (unpaired) electrons. The highest BCUT2D eigenvalue weighted by Gasteiger charge is 2.22. The summed E-state index contributed by atoms with van der Waals surface area (Å²) in [6.45, 7) is 4.12. The molecule has 1 N–H and O–H groups in total. The largest absolute Gasteiger partial charge is 0.495 e. The van der Waals surface area contributed by atoms with Gasteiger partial charge in [0.2, 0.25) is 15.9 Å². The third-order valence-corrected chi connectivity index (χ3v) is 6.04. The fourth-order valence-electron chi connectivity index (χ4n) is 3.27. The van der Waals surface area contributed by atoms with Gasteiger partial charge >= 0.3 is 0 Å². The van der Waals surface area contributed by atoms with Crippen molar-refractivity contribution in [2.75, 3.05) is 24.2 Å². The molecule has 0 fully saturated rings. The van der Waals surface area contributed by atoms with E-state index in [0.717, 1.165) is 11.8 Å². The fourth-order valence-corrected chi connectivity index (χ4v) is 4.48. The first-order valence-electron chi connectivity index (χ1n) is 9.68. The zero-order chi connectivity index (χ0) is 22.4. The second-order valence-electron chi connectivity index (χ2n) is 7.85. The minimum atomic E-state index is -3.53.